The number of carbonyl (C=O) groups is 2. The third-order valence-corrected chi connectivity index (χ3v) is 4.59. The summed E-state index contributed by atoms with van der Waals surface area (Å²) in [7, 11) is 1.61. The quantitative estimate of drug-likeness (QED) is 0.460. The van der Waals surface area contributed by atoms with E-state index in [1.54, 1.807) is 7.11 Å². The Kier molecular flexibility index (Phi) is 8.16. The molecule has 8 heteroatoms. The Hall–Kier alpha value is -3.68. The number of hydrogen-bond acceptors (Lipinski definition) is 6. The minimum absolute atomic E-state index is 0.0653. The molecule has 2 N–H and O–H groups in total. The van der Waals surface area contributed by atoms with Gasteiger partial charge in [0.25, 0.3) is 0 Å². The van der Waals surface area contributed by atoms with Crippen LogP contribution < -0.4 is 15.4 Å². The molecule has 0 aliphatic carbocycles. The molecule has 3 aromatic rings. The lowest BCUT2D eigenvalue weighted by atomic mass is 10.1. The van der Waals surface area contributed by atoms with E-state index in [0.29, 0.717) is 50.5 Å². The average molecular weight is 422 g/mol. The highest BCUT2D eigenvalue weighted by Crippen LogP contribution is 2.20. The molecule has 0 atom stereocenters. The molecule has 0 saturated heterocycles. The van der Waals surface area contributed by atoms with Crippen molar-refractivity contribution in [3.05, 3.63) is 66.1 Å². The van der Waals surface area contributed by atoms with Crippen LogP contribution in [0, 0.1) is 0 Å². The predicted octanol–water partition coefficient (Wildman–Crippen LogP) is 2.54. The number of benzene rings is 2. The van der Waals surface area contributed by atoms with Crippen molar-refractivity contribution in [1.29, 1.82) is 0 Å². The van der Waals surface area contributed by atoms with Crippen molar-refractivity contribution in [3.8, 4) is 17.1 Å². The second kappa shape index (κ2) is 11.5. The van der Waals surface area contributed by atoms with Crippen LogP contribution in [0.3, 0.4) is 0 Å². The Morgan fingerprint density at radius 1 is 0.968 bits per heavy atom. The zero-order valence-electron chi connectivity index (χ0n) is 17.5. The van der Waals surface area contributed by atoms with Crippen LogP contribution in [0.4, 0.5) is 0 Å². The van der Waals surface area contributed by atoms with Crippen LogP contribution in [0.2, 0.25) is 0 Å². The summed E-state index contributed by atoms with van der Waals surface area (Å²) in [5.74, 6) is 1.62. The minimum Gasteiger partial charge on any atom is -0.497 e. The number of aromatic nitrogens is 2. The molecule has 2 amide bonds. The molecule has 8 nitrogen and oxygen atoms in total. The number of carbonyl (C=O) groups excluding carboxylic acids is 2. The third-order valence-electron chi connectivity index (χ3n) is 4.59. The van der Waals surface area contributed by atoms with Crippen LogP contribution in [0.1, 0.15) is 24.3 Å². The van der Waals surface area contributed by atoms with Crippen LogP contribution in [0.15, 0.2) is 59.1 Å². The zero-order chi connectivity index (χ0) is 21.9. The first-order valence-corrected chi connectivity index (χ1v) is 10.2. The molecule has 2 aromatic carbocycles. The van der Waals surface area contributed by atoms with E-state index >= 15 is 0 Å². The van der Waals surface area contributed by atoms with E-state index in [-0.39, 0.29) is 11.8 Å². The Morgan fingerprint density at radius 3 is 2.39 bits per heavy atom. The second-order valence-electron chi connectivity index (χ2n) is 6.96. The van der Waals surface area contributed by atoms with Crippen molar-refractivity contribution < 1.29 is 18.8 Å². The van der Waals surface area contributed by atoms with Gasteiger partial charge in [0.1, 0.15) is 5.75 Å². The molecule has 162 valence electrons. The van der Waals surface area contributed by atoms with Crippen LogP contribution in [0.25, 0.3) is 11.4 Å². The molecule has 0 spiro atoms. The van der Waals surface area contributed by atoms with Crippen molar-refractivity contribution in [3.63, 3.8) is 0 Å². The maximum atomic E-state index is 12.0. The highest BCUT2D eigenvalue weighted by molar-refractivity contribution is 5.79. The molecule has 0 bridgehead atoms. The molecule has 1 heterocycles. The summed E-state index contributed by atoms with van der Waals surface area (Å²) in [4.78, 5) is 28.2. The van der Waals surface area contributed by atoms with Gasteiger partial charge in [-0.15, -0.1) is 0 Å². The Morgan fingerprint density at radius 2 is 1.68 bits per heavy atom. The summed E-state index contributed by atoms with van der Waals surface area (Å²) >= 11 is 0. The van der Waals surface area contributed by atoms with Gasteiger partial charge >= 0.3 is 0 Å². The second-order valence-corrected chi connectivity index (χ2v) is 6.96. The highest BCUT2D eigenvalue weighted by Gasteiger charge is 2.10. The number of nitrogens with zero attached hydrogens (tertiary/aromatic N) is 2. The van der Waals surface area contributed by atoms with E-state index < -0.39 is 0 Å². The fourth-order valence-electron chi connectivity index (χ4n) is 2.95. The van der Waals surface area contributed by atoms with Gasteiger partial charge in [0.05, 0.1) is 13.5 Å². The molecular weight excluding hydrogens is 396 g/mol. The number of aryl methyl sites for hydroxylation is 1. The summed E-state index contributed by atoms with van der Waals surface area (Å²) in [5, 5.41) is 9.58. The number of rotatable bonds is 11. The first-order valence-electron chi connectivity index (χ1n) is 10.2. The standard InChI is InChI=1S/C23H26N4O4/c1-30-19-12-10-18(11-13-19)23-26-22(31-27-23)9-5-8-20(28)24-14-15-25-21(29)16-17-6-3-2-4-7-17/h2-4,6-7,10-13H,5,8-9,14-16H2,1H3,(H,24,28)(H,25,29). The van der Waals surface area contributed by atoms with Crippen LogP contribution in [-0.4, -0.2) is 42.2 Å². The SMILES string of the molecule is COc1ccc(-c2noc(CCCC(=O)NCCNC(=O)Cc3ccccc3)n2)cc1. The first-order chi connectivity index (χ1) is 15.1. The Balaban J connectivity index is 1.29. The van der Waals surface area contributed by atoms with E-state index in [1.807, 2.05) is 54.6 Å². The first kappa shape index (κ1) is 22.0. The molecule has 1 aromatic heterocycles. The van der Waals surface area contributed by atoms with Gasteiger partial charge < -0.3 is 19.9 Å². The van der Waals surface area contributed by atoms with E-state index in [0.717, 1.165) is 16.9 Å². The number of methoxy groups -OCH3 is 1. The molecule has 0 saturated carbocycles. The van der Waals surface area contributed by atoms with Crippen LogP contribution in [-0.2, 0) is 22.4 Å². The van der Waals surface area contributed by atoms with Gasteiger partial charge in [0.15, 0.2) is 0 Å². The van der Waals surface area contributed by atoms with Gasteiger partial charge in [-0.2, -0.15) is 4.98 Å². The molecule has 0 aliphatic rings. The van der Waals surface area contributed by atoms with Crippen molar-refractivity contribution in [1.82, 2.24) is 20.8 Å². The maximum absolute atomic E-state index is 12.0. The monoisotopic (exact) mass is 422 g/mol. The van der Waals surface area contributed by atoms with Crippen LogP contribution in [0.5, 0.6) is 5.75 Å². The summed E-state index contributed by atoms with van der Waals surface area (Å²) in [6.07, 6.45) is 1.79. The largest absolute Gasteiger partial charge is 0.497 e. The maximum Gasteiger partial charge on any atom is 0.226 e. The van der Waals surface area contributed by atoms with Crippen molar-refractivity contribution in [2.75, 3.05) is 20.2 Å². The van der Waals surface area contributed by atoms with Gasteiger partial charge in [0, 0.05) is 31.5 Å². The number of nitrogens with one attached hydrogen (secondary N) is 2. The molecule has 0 unspecified atom stereocenters. The lowest BCUT2D eigenvalue weighted by Crippen LogP contribution is -2.35. The highest BCUT2D eigenvalue weighted by atomic mass is 16.5. The van der Waals surface area contributed by atoms with Crippen molar-refractivity contribution in [2.45, 2.75) is 25.7 Å². The van der Waals surface area contributed by atoms with E-state index in [1.165, 1.54) is 0 Å². The lowest BCUT2D eigenvalue weighted by Gasteiger charge is -2.07. The van der Waals surface area contributed by atoms with Gasteiger partial charge in [0.2, 0.25) is 23.5 Å². The number of ether oxygens (including phenoxy) is 1. The topological polar surface area (TPSA) is 106 Å². The van der Waals surface area contributed by atoms with Gasteiger partial charge in [-0.1, -0.05) is 35.5 Å². The molecule has 0 fully saturated rings. The van der Waals surface area contributed by atoms with Gasteiger partial charge in [-0.05, 0) is 36.2 Å². The van der Waals surface area contributed by atoms with E-state index in [9.17, 15) is 9.59 Å². The predicted molar refractivity (Wildman–Crippen MR) is 115 cm³/mol. The average Bonchev–Trinajstić information content (AvgIpc) is 3.26. The van der Waals surface area contributed by atoms with E-state index in [2.05, 4.69) is 20.8 Å². The molecule has 3 rings (SSSR count). The molecule has 31 heavy (non-hydrogen) atoms. The Bertz CT molecular complexity index is 971. The van der Waals surface area contributed by atoms with Gasteiger partial charge in [-0.3, -0.25) is 9.59 Å². The third kappa shape index (κ3) is 7.26. The van der Waals surface area contributed by atoms with Crippen molar-refractivity contribution in [2.24, 2.45) is 0 Å². The van der Waals surface area contributed by atoms with E-state index in [4.69, 9.17) is 9.26 Å². The molecule has 0 aliphatic heterocycles. The summed E-state index contributed by atoms with van der Waals surface area (Å²) < 4.78 is 10.4. The molecule has 0 radical (unpaired) electrons. The fourth-order valence-corrected chi connectivity index (χ4v) is 2.95. The summed E-state index contributed by atoms with van der Waals surface area (Å²) in [6.45, 7) is 0.786. The summed E-state index contributed by atoms with van der Waals surface area (Å²) in [6, 6.07) is 16.9. The lowest BCUT2D eigenvalue weighted by molar-refractivity contribution is -0.122. The molecular formula is C23H26N4O4. The van der Waals surface area contributed by atoms with Crippen LogP contribution >= 0.6 is 0 Å². The van der Waals surface area contributed by atoms with Crippen molar-refractivity contribution >= 4 is 11.8 Å². The Labute approximate surface area is 181 Å². The fraction of sp³-hybridized carbons (Fsp3) is 0.304. The number of amides is 2. The zero-order valence-corrected chi connectivity index (χ0v) is 17.5. The van der Waals surface area contributed by atoms with Gasteiger partial charge in [-0.25, -0.2) is 0 Å². The smallest absolute Gasteiger partial charge is 0.226 e. The minimum atomic E-state index is -0.0767. The number of hydrogen-bond donors (Lipinski definition) is 2. The normalized spacial score (nSPS) is 10.5. The summed E-state index contributed by atoms with van der Waals surface area (Å²) in [5.41, 5.74) is 1.79.